The van der Waals surface area contributed by atoms with E-state index >= 15 is 0 Å². The molecular formula is C21H26FO6S-. The molecule has 0 amide bonds. The Morgan fingerprint density at radius 1 is 1.31 bits per heavy atom. The predicted molar refractivity (Wildman–Crippen MR) is 102 cm³/mol. The lowest BCUT2D eigenvalue weighted by molar-refractivity contribution is -0.0282. The molecule has 0 heterocycles. The average molecular weight is 425 g/mol. The molecule has 3 aliphatic rings. The van der Waals surface area contributed by atoms with E-state index in [9.17, 15) is 22.2 Å². The highest BCUT2D eigenvalue weighted by Gasteiger charge is 2.61. The highest BCUT2D eigenvalue weighted by Crippen LogP contribution is 2.64. The SMILES string of the molecule is CCC1(Oc2cc(C(=O)OCCS(=O)(=O)[O-])ccc2F)CC2CC1C1CCCC21. The summed E-state index contributed by atoms with van der Waals surface area (Å²) < 4.78 is 57.6. The number of esters is 1. The number of hydrogen-bond donors (Lipinski definition) is 0. The summed E-state index contributed by atoms with van der Waals surface area (Å²) in [6, 6.07) is 3.74. The third-order valence-corrected chi connectivity index (χ3v) is 7.90. The van der Waals surface area contributed by atoms with E-state index in [-0.39, 0.29) is 11.3 Å². The van der Waals surface area contributed by atoms with Crippen molar-refractivity contribution in [3.05, 3.63) is 29.6 Å². The molecule has 0 saturated heterocycles. The summed E-state index contributed by atoms with van der Waals surface area (Å²) in [5.74, 6) is 0.369. The first kappa shape index (κ1) is 20.6. The number of halogens is 1. The second-order valence-corrected chi connectivity index (χ2v) is 10.2. The Hall–Kier alpha value is -1.67. The first-order valence-electron chi connectivity index (χ1n) is 10.3. The Morgan fingerprint density at radius 2 is 2.07 bits per heavy atom. The van der Waals surface area contributed by atoms with Crippen molar-refractivity contribution in [2.75, 3.05) is 12.4 Å². The van der Waals surface area contributed by atoms with Crippen LogP contribution in [0.1, 0.15) is 55.8 Å². The molecule has 4 rings (SSSR count). The maximum Gasteiger partial charge on any atom is 0.338 e. The molecule has 5 atom stereocenters. The molecule has 3 saturated carbocycles. The van der Waals surface area contributed by atoms with Crippen LogP contribution in [0.5, 0.6) is 5.75 Å². The summed E-state index contributed by atoms with van der Waals surface area (Å²) in [6.45, 7) is 1.54. The van der Waals surface area contributed by atoms with Gasteiger partial charge in [-0.05, 0) is 68.1 Å². The number of ether oxygens (including phenoxy) is 2. The molecule has 6 nitrogen and oxygen atoms in total. The first-order chi connectivity index (χ1) is 13.7. The molecule has 29 heavy (non-hydrogen) atoms. The van der Waals surface area contributed by atoms with E-state index in [1.807, 2.05) is 0 Å². The van der Waals surface area contributed by atoms with Gasteiger partial charge in [-0.3, -0.25) is 0 Å². The Bertz CT molecular complexity index is 900. The molecule has 2 bridgehead atoms. The van der Waals surface area contributed by atoms with Gasteiger partial charge < -0.3 is 14.0 Å². The van der Waals surface area contributed by atoms with E-state index in [1.54, 1.807) is 0 Å². The van der Waals surface area contributed by atoms with Gasteiger partial charge in [-0.15, -0.1) is 0 Å². The zero-order valence-electron chi connectivity index (χ0n) is 16.4. The van der Waals surface area contributed by atoms with Crippen molar-refractivity contribution < 1.29 is 31.6 Å². The van der Waals surface area contributed by atoms with Crippen molar-refractivity contribution in [2.24, 2.45) is 23.7 Å². The molecule has 0 aromatic heterocycles. The highest BCUT2D eigenvalue weighted by molar-refractivity contribution is 7.85. The zero-order chi connectivity index (χ0) is 20.8. The van der Waals surface area contributed by atoms with Crippen LogP contribution in [0, 0.1) is 29.5 Å². The summed E-state index contributed by atoms with van der Waals surface area (Å²) in [4.78, 5) is 12.2. The second kappa shape index (κ2) is 7.54. The van der Waals surface area contributed by atoms with Crippen LogP contribution in [-0.4, -0.2) is 36.9 Å². The van der Waals surface area contributed by atoms with Gasteiger partial charge >= 0.3 is 5.97 Å². The van der Waals surface area contributed by atoms with Crippen molar-refractivity contribution >= 4 is 16.1 Å². The van der Waals surface area contributed by atoms with Crippen LogP contribution >= 0.6 is 0 Å². The maximum absolute atomic E-state index is 14.5. The molecule has 0 aliphatic heterocycles. The van der Waals surface area contributed by atoms with E-state index in [2.05, 4.69) is 6.92 Å². The number of carbonyl (C=O) groups is 1. The summed E-state index contributed by atoms with van der Waals surface area (Å²) in [7, 11) is -4.47. The van der Waals surface area contributed by atoms with Gasteiger partial charge in [0.15, 0.2) is 11.6 Å². The van der Waals surface area contributed by atoms with Crippen LogP contribution < -0.4 is 4.74 Å². The second-order valence-electron chi connectivity index (χ2n) is 8.63. The van der Waals surface area contributed by atoms with Crippen LogP contribution in [0.25, 0.3) is 0 Å². The standard InChI is InChI=1S/C21H27FO6S/c1-2-21(12-14-10-17(21)16-5-3-4-15(14)16)28-19-11-13(6-7-18(19)22)20(23)27-8-9-29(24,25)26/h6-7,11,14-17H,2-5,8-10,12H2,1H3,(H,24,25,26)/p-1. The molecule has 1 aromatic rings. The van der Waals surface area contributed by atoms with Gasteiger partial charge in [0.1, 0.15) is 12.2 Å². The van der Waals surface area contributed by atoms with E-state index < -0.39 is 39.9 Å². The summed E-state index contributed by atoms with van der Waals surface area (Å²) in [6.07, 6.45) is 6.61. The minimum atomic E-state index is -4.47. The van der Waals surface area contributed by atoms with Crippen LogP contribution in [0.15, 0.2) is 18.2 Å². The largest absolute Gasteiger partial charge is 0.748 e. The van der Waals surface area contributed by atoms with Gasteiger partial charge in [-0.25, -0.2) is 17.6 Å². The van der Waals surface area contributed by atoms with Crippen molar-refractivity contribution in [3.8, 4) is 5.75 Å². The fourth-order valence-corrected chi connectivity index (χ4v) is 6.34. The average Bonchev–Trinajstić information content (AvgIpc) is 3.34. The molecule has 3 fully saturated rings. The third-order valence-electron chi connectivity index (χ3n) is 7.23. The van der Waals surface area contributed by atoms with Gasteiger partial charge in [0.25, 0.3) is 0 Å². The van der Waals surface area contributed by atoms with Crippen LogP contribution in [0.2, 0.25) is 0 Å². The molecule has 1 aromatic carbocycles. The first-order valence-corrected chi connectivity index (χ1v) is 11.9. The lowest BCUT2D eigenvalue weighted by Gasteiger charge is -2.42. The molecule has 5 unspecified atom stereocenters. The monoisotopic (exact) mass is 425 g/mol. The highest BCUT2D eigenvalue weighted by atomic mass is 32.2. The molecule has 0 radical (unpaired) electrons. The lowest BCUT2D eigenvalue weighted by Crippen LogP contribution is -2.46. The Kier molecular flexibility index (Phi) is 5.36. The van der Waals surface area contributed by atoms with Crippen molar-refractivity contribution in [3.63, 3.8) is 0 Å². The smallest absolute Gasteiger partial charge is 0.338 e. The van der Waals surface area contributed by atoms with Crippen LogP contribution in [-0.2, 0) is 14.9 Å². The zero-order valence-corrected chi connectivity index (χ0v) is 17.3. The van der Waals surface area contributed by atoms with Crippen molar-refractivity contribution in [2.45, 2.75) is 51.0 Å². The number of hydrogen-bond acceptors (Lipinski definition) is 6. The number of fused-ring (bicyclic) bond motifs is 5. The minimum absolute atomic E-state index is 0.0276. The topological polar surface area (TPSA) is 92.7 Å². The van der Waals surface area contributed by atoms with E-state index in [1.165, 1.54) is 31.4 Å². The van der Waals surface area contributed by atoms with E-state index in [0.717, 1.165) is 31.2 Å². The lowest BCUT2D eigenvalue weighted by atomic mass is 9.71. The fourth-order valence-electron chi connectivity index (χ4n) is 6.06. The molecule has 8 heteroatoms. The number of benzene rings is 1. The number of carbonyl (C=O) groups excluding carboxylic acids is 1. The molecule has 160 valence electrons. The Balaban J connectivity index is 1.50. The van der Waals surface area contributed by atoms with E-state index in [4.69, 9.17) is 9.47 Å². The fraction of sp³-hybridized carbons (Fsp3) is 0.667. The summed E-state index contributed by atoms with van der Waals surface area (Å²) in [5, 5.41) is 0. The van der Waals surface area contributed by atoms with Gasteiger partial charge in [0.05, 0.1) is 21.4 Å². The summed E-state index contributed by atoms with van der Waals surface area (Å²) in [5.41, 5.74) is -0.339. The minimum Gasteiger partial charge on any atom is -0.748 e. The maximum atomic E-state index is 14.5. The van der Waals surface area contributed by atoms with Crippen molar-refractivity contribution in [1.29, 1.82) is 0 Å². The Morgan fingerprint density at radius 3 is 2.79 bits per heavy atom. The molecule has 0 spiro atoms. The Labute approximate surface area is 170 Å². The predicted octanol–water partition coefficient (Wildman–Crippen LogP) is 3.51. The molecular weight excluding hydrogens is 399 g/mol. The molecule has 3 aliphatic carbocycles. The number of rotatable bonds is 7. The van der Waals surface area contributed by atoms with Gasteiger partial charge in [0, 0.05) is 5.92 Å². The quantitative estimate of drug-likeness (QED) is 0.490. The van der Waals surface area contributed by atoms with Crippen molar-refractivity contribution in [1.82, 2.24) is 0 Å². The van der Waals surface area contributed by atoms with Gasteiger partial charge in [-0.1, -0.05) is 13.3 Å². The van der Waals surface area contributed by atoms with Crippen LogP contribution in [0.3, 0.4) is 0 Å². The third kappa shape index (κ3) is 3.89. The van der Waals surface area contributed by atoms with E-state index in [0.29, 0.717) is 17.8 Å². The van der Waals surface area contributed by atoms with Gasteiger partial charge in [-0.2, -0.15) is 0 Å². The molecule has 0 N–H and O–H groups in total. The normalized spacial score (nSPS) is 32.9. The summed E-state index contributed by atoms with van der Waals surface area (Å²) >= 11 is 0. The van der Waals surface area contributed by atoms with Gasteiger partial charge in [0.2, 0.25) is 0 Å². The van der Waals surface area contributed by atoms with Crippen LogP contribution in [0.4, 0.5) is 4.39 Å².